The molecule has 0 amide bonds. The summed E-state index contributed by atoms with van der Waals surface area (Å²) < 4.78 is 20.9. The molecule has 0 unspecified atom stereocenters. The van der Waals surface area contributed by atoms with E-state index in [9.17, 15) is 9.50 Å². The largest absolute Gasteiger partial charge is 0.490 e. The predicted octanol–water partition coefficient (Wildman–Crippen LogP) is 2.45. The SMILES string of the molecule is CCCn1ccnc1CN1CC[C@@](O)(COc2cccc(F)c2)C1. The minimum absolute atomic E-state index is 0.163. The van der Waals surface area contributed by atoms with Gasteiger partial charge in [-0.3, -0.25) is 4.90 Å². The number of likely N-dealkylation sites (tertiary alicyclic amines) is 1. The maximum absolute atomic E-state index is 13.2. The van der Waals surface area contributed by atoms with E-state index >= 15 is 0 Å². The van der Waals surface area contributed by atoms with E-state index in [1.54, 1.807) is 12.1 Å². The molecule has 0 aliphatic carbocycles. The number of halogens is 1. The lowest BCUT2D eigenvalue weighted by Gasteiger charge is -2.23. The Morgan fingerprint density at radius 3 is 3.08 bits per heavy atom. The van der Waals surface area contributed by atoms with Crippen molar-refractivity contribution < 1.29 is 14.2 Å². The van der Waals surface area contributed by atoms with Crippen LogP contribution in [0.5, 0.6) is 5.75 Å². The normalized spacial score (nSPS) is 21.3. The zero-order chi connectivity index (χ0) is 17.0. The zero-order valence-electron chi connectivity index (χ0n) is 14.0. The van der Waals surface area contributed by atoms with E-state index < -0.39 is 5.60 Å². The van der Waals surface area contributed by atoms with Crippen LogP contribution in [0.2, 0.25) is 0 Å². The number of ether oxygens (including phenoxy) is 1. The molecule has 1 fully saturated rings. The number of hydrogen-bond acceptors (Lipinski definition) is 4. The average molecular weight is 333 g/mol. The summed E-state index contributed by atoms with van der Waals surface area (Å²) in [7, 11) is 0. The molecule has 1 aliphatic rings. The number of hydrogen-bond donors (Lipinski definition) is 1. The summed E-state index contributed by atoms with van der Waals surface area (Å²) in [4.78, 5) is 6.60. The van der Waals surface area contributed by atoms with Gasteiger partial charge in [-0.05, 0) is 25.0 Å². The van der Waals surface area contributed by atoms with Crippen LogP contribution >= 0.6 is 0 Å². The van der Waals surface area contributed by atoms with Gasteiger partial charge < -0.3 is 14.4 Å². The third-order valence-electron chi connectivity index (χ3n) is 4.35. The molecule has 0 bridgehead atoms. The van der Waals surface area contributed by atoms with Crippen molar-refractivity contribution in [2.75, 3.05) is 19.7 Å². The molecule has 0 radical (unpaired) electrons. The summed E-state index contributed by atoms with van der Waals surface area (Å²) in [6.45, 7) is 5.30. The molecular formula is C18H24FN3O2. The van der Waals surface area contributed by atoms with E-state index in [0.29, 0.717) is 18.7 Å². The van der Waals surface area contributed by atoms with Crippen LogP contribution in [0.15, 0.2) is 36.7 Å². The van der Waals surface area contributed by atoms with Crippen LogP contribution in [0.4, 0.5) is 4.39 Å². The highest BCUT2D eigenvalue weighted by Crippen LogP contribution is 2.24. The van der Waals surface area contributed by atoms with Gasteiger partial charge in [-0.2, -0.15) is 0 Å². The van der Waals surface area contributed by atoms with Crippen LogP contribution < -0.4 is 4.74 Å². The van der Waals surface area contributed by atoms with Crippen molar-refractivity contribution in [3.05, 3.63) is 48.3 Å². The summed E-state index contributed by atoms with van der Waals surface area (Å²) in [6.07, 6.45) is 5.51. The van der Waals surface area contributed by atoms with Crippen LogP contribution in [-0.2, 0) is 13.1 Å². The lowest BCUT2D eigenvalue weighted by molar-refractivity contribution is 0.00305. The topological polar surface area (TPSA) is 50.5 Å². The fraction of sp³-hybridized carbons (Fsp3) is 0.500. The van der Waals surface area contributed by atoms with Crippen LogP contribution in [0.1, 0.15) is 25.6 Å². The van der Waals surface area contributed by atoms with Gasteiger partial charge in [0.25, 0.3) is 0 Å². The number of nitrogens with zero attached hydrogens (tertiary/aromatic N) is 3. The number of aliphatic hydroxyl groups is 1. The van der Waals surface area contributed by atoms with E-state index in [-0.39, 0.29) is 12.4 Å². The zero-order valence-corrected chi connectivity index (χ0v) is 14.0. The Balaban J connectivity index is 1.54. The Hall–Kier alpha value is -1.92. The Morgan fingerprint density at radius 1 is 1.42 bits per heavy atom. The first-order chi connectivity index (χ1) is 11.6. The molecule has 1 aromatic heterocycles. The second kappa shape index (κ2) is 7.32. The van der Waals surface area contributed by atoms with Gasteiger partial charge in [-0.1, -0.05) is 13.0 Å². The number of aryl methyl sites for hydroxylation is 1. The maximum atomic E-state index is 13.2. The smallest absolute Gasteiger partial charge is 0.126 e. The van der Waals surface area contributed by atoms with Gasteiger partial charge in [0.05, 0.1) is 6.54 Å². The first-order valence-electron chi connectivity index (χ1n) is 8.41. The highest BCUT2D eigenvalue weighted by Gasteiger charge is 2.37. The first-order valence-corrected chi connectivity index (χ1v) is 8.41. The van der Waals surface area contributed by atoms with E-state index in [0.717, 1.165) is 31.9 Å². The third kappa shape index (κ3) is 4.13. The van der Waals surface area contributed by atoms with E-state index in [1.165, 1.54) is 12.1 Å². The average Bonchev–Trinajstić information content (AvgIpc) is 3.14. The van der Waals surface area contributed by atoms with Gasteiger partial charge in [0.15, 0.2) is 0 Å². The van der Waals surface area contributed by atoms with Gasteiger partial charge in [0, 0.05) is 38.1 Å². The van der Waals surface area contributed by atoms with E-state index in [4.69, 9.17) is 4.74 Å². The second-order valence-electron chi connectivity index (χ2n) is 6.47. The van der Waals surface area contributed by atoms with Crippen molar-refractivity contribution in [1.82, 2.24) is 14.5 Å². The molecule has 1 saturated heterocycles. The highest BCUT2D eigenvalue weighted by molar-refractivity contribution is 5.22. The summed E-state index contributed by atoms with van der Waals surface area (Å²) in [5.74, 6) is 1.13. The second-order valence-corrected chi connectivity index (χ2v) is 6.47. The van der Waals surface area contributed by atoms with Crippen molar-refractivity contribution in [2.24, 2.45) is 0 Å². The standard InChI is InChI=1S/C18H24FN3O2/c1-2-8-22-10-7-20-17(22)12-21-9-6-18(23,13-21)14-24-16-5-3-4-15(19)11-16/h3-5,7,10-11,23H,2,6,8-9,12-14H2,1H3/t18-/m0/s1. The van der Waals surface area contributed by atoms with Crippen molar-refractivity contribution in [3.63, 3.8) is 0 Å². The molecule has 0 saturated carbocycles. The van der Waals surface area contributed by atoms with E-state index in [1.807, 2.05) is 12.4 Å². The van der Waals surface area contributed by atoms with Crippen molar-refractivity contribution in [2.45, 2.75) is 38.5 Å². The molecule has 24 heavy (non-hydrogen) atoms. The molecule has 2 aromatic rings. The molecule has 5 nitrogen and oxygen atoms in total. The molecule has 1 aromatic carbocycles. The Morgan fingerprint density at radius 2 is 2.29 bits per heavy atom. The monoisotopic (exact) mass is 333 g/mol. The molecule has 130 valence electrons. The summed E-state index contributed by atoms with van der Waals surface area (Å²) in [6, 6.07) is 6.00. The maximum Gasteiger partial charge on any atom is 0.126 e. The number of rotatable bonds is 7. The number of β-amino-alcohol motifs (C(OH)–C–C–N with tert-alkyl or cyclic N) is 1. The molecule has 1 atom stereocenters. The van der Waals surface area contributed by atoms with E-state index in [2.05, 4.69) is 21.4 Å². The van der Waals surface area contributed by atoms with Crippen molar-refractivity contribution in [1.29, 1.82) is 0 Å². The minimum atomic E-state index is -0.908. The third-order valence-corrected chi connectivity index (χ3v) is 4.35. The predicted molar refractivity (Wildman–Crippen MR) is 89.3 cm³/mol. The number of aromatic nitrogens is 2. The lowest BCUT2D eigenvalue weighted by atomic mass is 10.1. The van der Waals surface area contributed by atoms with Gasteiger partial charge in [-0.15, -0.1) is 0 Å². The van der Waals surface area contributed by atoms with Gasteiger partial charge in [0.2, 0.25) is 0 Å². The molecule has 1 N–H and O–H groups in total. The molecule has 3 rings (SSSR count). The quantitative estimate of drug-likeness (QED) is 0.846. The number of imidazole rings is 1. The molecule has 0 spiro atoms. The lowest BCUT2D eigenvalue weighted by Crippen LogP contribution is -2.39. The summed E-state index contributed by atoms with van der Waals surface area (Å²) in [5.41, 5.74) is -0.908. The Kier molecular flexibility index (Phi) is 5.16. The van der Waals surface area contributed by atoms with Crippen LogP contribution in [0, 0.1) is 5.82 Å². The Labute approximate surface area is 141 Å². The van der Waals surface area contributed by atoms with Crippen LogP contribution in [0.3, 0.4) is 0 Å². The summed E-state index contributed by atoms with van der Waals surface area (Å²) >= 11 is 0. The molecule has 6 heteroatoms. The molecular weight excluding hydrogens is 309 g/mol. The van der Waals surface area contributed by atoms with Crippen molar-refractivity contribution >= 4 is 0 Å². The highest BCUT2D eigenvalue weighted by atomic mass is 19.1. The number of benzene rings is 1. The van der Waals surface area contributed by atoms with Crippen molar-refractivity contribution in [3.8, 4) is 5.75 Å². The van der Waals surface area contributed by atoms with Crippen LogP contribution in [0.25, 0.3) is 0 Å². The molecule has 2 heterocycles. The Bertz CT molecular complexity index is 676. The van der Waals surface area contributed by atoms with Gasteiger partial charge >= 0.3 is 0 Å². The first kappa shape index (κ1) is 16.9. The van der Waals surface area contributed by atoms with Gasteiger partial charge in [0.1, 0.15) is 29.6 Å². The summed E-state index contributed by atoms with van der Waals surface area (Å²) in [5, 5.41) is 10.7. The van der Waals surface area contributed by atoms with Crippen LogP contribution in [-0.4, -0.2) is 44.9 Å². The molecule has 1 aliphatic heterocycles. The fourth-order valence-electron chi connectivity index (χ4n) is 3.10. The van der Waals surface area contributed by atoms with Gasteiger partial charge in [-0.25, -0.2) is 9.37 Å². The fourth-order valence-corrected chi connectivity index (χ4v) is 3.10. The minimum Gasteiger partial charge on any atom is -0.490 e.